The first-order chi connectivity index (χ1) is 14.1. The van der Waals surface area contributed by atoms with Crippen LogP contribution in [-0.4, -0.2) is 32.0 Å². The molecule has 4 rings (SSSR count). The van der Waals surface area contributed by atoms with Crippen LogP contribution in [0.1, 0.15) is 26.5 Å². The molecule has 146 valence electrons. The molecule has 0 saturated carbocycles. The van der Waals surface area contributed by atoms with Crippen molar-refractivity contribution in [3.63, 3.8) is 0 Å². The maximum Gasteiger partial charge on any atom is 0.337 e. The molecule has 2 aromatic carbocycles. The molecule has 1 aromatic heterocycles. The summed E-state index contributed by atoms with van der Waals surface area (Å²) in [5.74, 6) is 1.41. The third kappa shape index (κ3) is 3.96. The van der Waals surface area contributed by atoms with Gasteiger partial charge in [0.1, 0.15) is 11.5 Å². The summed E-state index contributed by atoms with van der Waals surface area (Å²) in [5, 5.41) is 3.92. The molecule has 1 amide bonds. The van der Waals surface area contributed by atoms with Crippen molar-refractivity contribution < 1.29 is 28.2 Å². The van der Waals surface area contributed by atoms with Gasteiger partial charge in [-0.3, -0.25) is 4.79 Å². The van der Waals surface area contributed by atoms with Crippen molar-refractivity contribution in [2.45, 2.75) is 0 Å². The molecule has 0 radical (unpaired) electrons. The summed E-state index contributed by atoms with van der Waals surface area (Å²) >= 11 is 0. The number of esters is 1. The molecule has 0 saturated heterocycles. The van der Waals surface area contributed by atoms with Crippen molar-refractivity contribution >= 4 is 18.1 Å². The Bertz CT molecular complexity index is 1080. The minimum absolute atomic E-state index is 0.144. The summed E-state index contributed by atoms with van der Waals surface area (Å²) in [6, 6.07) is 15.2. The third-order valence-corrected chi connectivity index (χ3v) is 4.21. The van der Waals surface area contributed by atoms with Gasteiger partial charge in [0, 0.05) is 11.1 Å². The van der Waals surface area contributed by atoms with E-state index in [-0.39, 0.29) is 12.7 Å². The zero-order valence-electron chi connectivity index (χ0n) is 15.4. The zero-order chi connectivity index (χ0) is 20.2. The van der Waals surface area contributed by atoms with Gasteiger partial charge in [0.05, 0.1) is 18.9 Å². The topological polar surface area (TPSA) is 99.4 Å². The summed E-state index contributed by atoms with van der Waals surface area (Å²) in [6.45, 7) is 0.144. The standard InChI is InChI=1S/C21H16N2O6/c1-26-21(25)14-4-2-13(3-5-14)17-9-7-16(29-17)11-22-23-20(24)15-6-8-18-19(10-15)28-12-27-18/h2-11H,12H2,1H3,(H,23,24). The first-order valence-electron chi connectivity index (χ1n) is 8.66. The number of carbonyl (C=O) groups is 2. The summed E-state index contributed by atoms with van der Waals surface area (Å²) in [4.78, 5) is 23.7. The summed E-state index contributed by atoms with van der Waals surface area (Å²) in [7, 11) is 1.33. The number of carbonyl (C=O) groups excluding carboxylic acids is 2. The van der Waals surface area contributed by atoms with E-state index >= 15 is 0 Å². The Balaban J connectivity index is 1.39. The second-order valence-electron chi connectivity index (χ2n) is 6.04. The van der Waals surface area contributed by atoms with Crippen LogP contribution in [0.3, 0.4) is 0 Å². The minimum Gasteiger partial charge on any atom is -0.465 e. The molecule has 0 unspecified atom stereocenters. The van der Waals surface area contributed by atoms with Crippen molar-refractivity contribution in [1.82, 2.24) is 5.43 Å². The van der Waals surface area contributed by atoms with Crippen LogP contribution < -0.4 is 14.9 Å². The van der Waals surface area contributed by atoms with Crippen LogP contribution in [0.4, 0.5) is 0 Å². The van der Waals surface area contributed by atoms with E-state index in [0.717, 1.165) is 5.56 Å². The maximum atomic E-state index is 12.2. The Morgan fingerprint density at radius 3 is 2.55 bits per heavy atom. The molecule has 8 heteroatoms. The predicted molar refractivity (Wildman–Crippen MR) is 103 cm³/mol. The molecular weight excluding hydrogens is 376 g/mol. The number of ether oxygens (including phenoxy) is 3. The number of rotatable bonds is 5. The number of hydrazone groups is 1. The van der Waals surface area contributed by atoms with E-state index in [0.29, 0.717) is 34.1 Å². The summed E-state index contributed by atoms with van der Waals surface area (Å²) in [6.07, 6.45) is 1.40. The number of fused-ring (bicyclic) bond motifs is 1. The Labute approximate surface area is 165 Å². The number of amides is 1. The fraction of sp³-hybridized carbons (Fsp3) is 0.0952. The van der Waals surface area contributed by atoms with Crippen molar-refractivity contribution in [1.29, 1.82) is 0 Å². The second-order valence-corrected chi connectivity index (χ2v) is 6.04. The van der Waals surface area contributed by atoms with Crippen molar-refractivity contribution in [3.05, 3.63) is 71.5 Å². The van der Waals surface area contributed by atoms with Gasteiger partial charge in [-0.25, -0.2) is 10.2 Å². The van der Waals surface area contributed by atoms with Crippen LogP contribution in [-0.2, 0) is 4.74 Å². The third-order valence-electron chi connectivity index (χ3n) is 4.21. The van der Waals surface area contributed by atoms with Crippen LogP contribution in [0.5, 0.6) is 11.5 Å². The summed E-state index contributed by atoms with van der Waals surface area (Å²) in [5.41, 5.74) is 4.08. The maximum absolute atomic E-state index is 12.2. The average Bonchev–Trinajstić information content (AvgIpc) is 3.42. The summed E-state index contributed by atoms with van der Waals surface area (Å²) < 4.78 is 20.8. The fourth-order valence-corrected chi connectivity index (χ4v) is 2.72. The number of furan rings is 1. The number of hydrogen-bond acceptors (Lipinski definition) is 7. The Morgan fingerprint density at radius 2 is 1.76 bits per heavy atom. The number of hydrogen-bond donors (Lipinski definition) is 1. The molecule has 8 nitrogen and oxygen atoms in total. The molecule has 1 N–H and O–H groups in total. The van der Waals surface area contributed by atoms with Gasteiger partial charge in [-0.1, -0.05) is 12.1 Å². The smallest absolute Gasteiger partial charge is 0.337 e. The highest BCUT2D eigenvalue weighted by Crippen LogP contribution is 2.32. The second kappa shape index (κ2) is 7.89. The molecule has 0 atom stereocenters. The monoisotopic (exact) mass is 392 g/mol. The van der Waals surface area contributed by atoms with Gasteiger partial charge in [-0.2, -0.15) is 5.10 Å². The van der Waals surface area contributed by atoms with Gasteiger partial charge < -0.3 is 18.6 Å². The molecule has 0 bridgehead atoms. The highest BCUT2D eigenvalue weighted by atomic mass is 16.7. The number of benzene rings is 2. The van der Waals surface area contributed by atoms with Crippen molar-refractivity contribution in [2.24, 2.45) is 5.10 Å². The molecule has 0 aliphatic carbocycles. The molecule has 0 spiro atoms. The van der Waals surface area contributed by atoms with Gasteiger partial charge in [0.2, 0.25) is 6.79 Å². The van der Waals surface area contributed by atoms with E-state index in [1.807, 2.05) is 0 Å². The molecular formula is C21H16N2O6. The number of nitrogens with one attached hydrogen (secondary N) is 1. The van der Waals surface area contributed by atoms with E-state index < -0.39 is 5.97 Å². The largest absolute Gasteiger partial charge is 0.465 e. The van der Waals surface area contributed by atoms with Gasteiger partial charge in [0.15, 0.2) is 11.5 Å². The lowest BCUT2D eigenvalue weighted by molar-refractivity contribution is 0.0600. The van der Waals surface area contributed by atoms with E-state index in [1.165, 1.54) is 13.3 Å². The zero-order valence-corrected chi connectivity index (χ0v) is 15.4. The quantitative estimate of drug-likeness (QED) is 0.407. The van der Waals surface area contributed by atoms with E-state index in [2.05, 4.69) is 15.3 Å². The minimum atomic E-state index is -0.401. The number of nitrogens with zero attached hydrogens (tertiary/aromatic N) is 1. The SMILES string of the molecule is COC(=O)c1ccc(-c2ccc(C=NNC(=O)c3ccc4c(c3)OCO4)o2)cc1. The lowest BCUT2D eigenvalue weighted by Crippen LogP contribution is -2.17. The van der Waals surface area contributed by atoms with Crippen molar-refractivity contribution in [2.75, 3.05) is 13.9 Å². The van der Waals surface area contributed by atoms with Crippen LogP contribution in [0.25, 0.3) is 11.3 Å². The van der Waals surface area contributed by atoms with Crippen LogP contribution in [0, 0.1) is 0 Å². The first kappa shape index (κ1) is 18.3. The van der Waals surface area contributed by atoms with E-state index in [9.17, 15) is 9.59 Å². The molecule has 1 aliphatic rings. The number of methoxy groups -OCH3 is 1. The van der Waals surface area contributed by atoms with Crippen LogP contribution >= 0.6 is 0 Å². The highest BCUT2D eigenvalue weighted by molar-refractivity contribution is 5.95. The average molecular weight is 392 g/mol. The van der Waals surface area contributed by atoms with Crippen LogP contribution in [0.2, 0.25) is 0 Å². The van der Waals surface area contributed by atoms with Crippen LogP contribution in [0.15, 0.2) is 64.1 Å². The van der Waals surface area contributed by atoms with Crippen molar-refractivity contribution in [3.8, 4) is 22.8 Å². The molecule has 3 aromatic rings. The van der Waals surface area contributed by atoms with Gasteiger partial charge in [-0.05, 0) is 42.5 Å². The lowest BCUT2D eigenvalue weighted by atomic mass is 10.1. The van der Waals surface area contributed by atoms with E-state index in [4.69, 9.17) is 13.9 Å². The van der Waals surface area contributed by atoms with Gasteiger partial charge in [-0.15, -0.1) is 0 Å². The molecule has 2 heterocycles. The first-order valence-corrected chi connectivity index (χ1v) is 8.66. The van der Waals surface area contributed by atoms with Gasteiger partial charge in [0.25, 0.3) is 5.91 Å². The Hall–Kier alpha value is -4.07. The fourth-order valence-electron chi connectivity index (χ4n) is 2.72. The molecule has 0 fully saturated rings. The predicted octanol–water partition coefficient (Wildman–Crippen LogP) is 3.23. The Morgan fingerprint density at radius 1 is 1.00 bits per heavy atom. The molecule has 1 aliphatic heterocycles. The normalized spacial score (nSPS) is 12.2. The van der Waals surface area contributed by atoms with Gasteiger partial charge >= 0.3 is 5.97 Å². The lowest BCUT2D eigenvalue weighted by Gasteiger charge is -2.01. The Kier molecular flexibility index (Phi) is 4.98. The van der Waals surface area contributed by atoms with E-state index in [1.54, 1.807) is 54.6 Å². The highest BCUT2D eigenvalue weighted by Gasteiger charge is 2.16. The molecule has 29 heavy (non-hydrogen) atoms.